The fourth-order valence-electron chi connectivity index (χ4n) is 1.54. The van der Waals surface area contributed by atoms with Gasteiger partial charge in [-0.15, -0.1) is 0 Å². The molecule has 2 aromatic heterocycles. The lowest BCUT2D eigenvalue weighted by Gasteiger charge is -2.07. The Hall–Kier alpha value is -2.43. The molecule has 0 saturated heterocycles. The predicted octanol–water partition coefficient (Wildman–Crippen LogP) is 1.90. The number of anilines is 1. The average Bonchev–Trinajstić information content (AvgIpc) is 2.40. The Bertz CT molecular complexity index is 555. The Balaban J connectivity index is 2.41. The third-order valence-corrected chi connectivity index (χ3v) is 2.41. The molecule has 0 amide bonds. The molecule has 5 heteroatoms. The van der Waals surface area contributed by atoms with Gasteiger partial charge in [-0.3, -0.25) is 4.98 Å². The van der Waals surface area contributed by atoms with E-state index in [1.54, 1.807) is 31.6 Å². The van der Waals surface area contributed by atoms with Gasteiger partial charge < -0.3 is 10.5 Å². The minimum absolute atomic E-state index is 0.168. The Kier molecular flexibility index (Phi) is 3.52. The van der Waals surface area contributed by atoms with E-state index in [4.69, 9.17) is 10.5 Å². The summed E-state index contributed by atoms with van der Waals surface area (Å²) in [5.41, 5.74) is 7.60. The van der Waals surface area contributed by atoms with Gasteiger partial charge in [-0.2, -0.15) is 0 Å². The first-order chi connectivity index (χ1) is 8.72. The molecule has 0 bridgehead atoms. The van der Waals surface area contributed by atoms with Crippen LogP contribution in [0, 0.1) is 0 Å². The molecule has 5 nitrogen and oxygen atoms in total. The van der Waals surface area contributed by atoms with Gasteiger partial charge in [-0.05, 0) is 19.1 Å². The summed E-state index contributed by atoms with van der Waals surface area (Å²) in [7, 11) is 0. The number of hydrogen-bond acceptors (Lipinski definition) is 5. The summed E-state index contributed by atoms with van der Waals surface area (Å²) in [6, 6.07) is 5.36. The van der Waals surface area contributed by atoms with Gasteiger partial charge in [0.2, 0.25) is 0 Å². The Labute approximate surface area is 105 Å². The molecular weight excluding hydrogens is 230 g/mol. The SMILES string of the molecule is CCOC(=O)c1cc(-c2cccnc2)cnc1N. The molecule has 0 aliphatic carbocycles. The Morgan fingerprint density at radius 2 is 2.22 bits per heavy atom. The van der Waals surface area contributed by atoms with Crippen molar-refractivity contribution in [2.75, 3.05) is 12.3 Å². The maximum atomic E-state index is 11.7. The van der Waals surface area contributed by atoms with E-state index in [1.165, 1.54) is 0 Å². The number of nitrogen functional groups attached to an aromatic ring is 1. The summed E-state index contributed by atoms with van der Waals surface area (Å²) >= 11 is 0. The molecule has 0 aromatic carbocycles. The number of nitrogens with zero attached hydrogens (tertiary/aromatic N) is 2. The number of esters is 1. The van der Waals surface area contributed by atoms with Gasteiger partial charge in [0.1, 0.15) is 11.4 Å². The summed E-state index contributed by atoms with van der Waals surface area (Å²) in [4.78, 5) is 19.7. The maximum absolute atomic E-state index is 11.7. The van der Waals surface area contributed by atoms with Crippen molar-refractivity contribution in [2.24, 2.45) is 0 Å². The number of carbonyl (C=O) groups is 1. The molecule has 0 spiro atoms. The van der Waals surface area contributed by atoms with Gasteiger partial charge in [0.05, 0.1) is 6.61 Å². The van der Waals surface area contributed by atoms with Crippen LogP contribution in [0.25, 0.3) is 11.1 Å². The molecule has 0 aliphatic heterocycles. The highest BCUT2D eigenvalue weighted by molar-refractivity contribution is 5.95. The maximum Gasteiger partial charge on any atom is 0.341 e. The summed E-state index contributed by atoms with van der Waals surface area (Å²) in [6.45, 7) is 2.04. The van der Waals surface area contributed by atoms with Crippen LogP contribution in [0.4, 0.5) is 5.82 Å². The minimum Gasteiger partial charge on any atom is -0.462 e. The van der Waals surface area contributed by atoms with Crippen LogP contribution in [0.2, 0.25) is 0 Å². The van der Waals surface area contributed by atoms with Gasteiger partial charge >= 0.3 is 5.97 Å². The molecule has 92 valence electrons. The van der Waals surface area contributed by atoms with Crippen molar-refractivity contribution in [3.05, 3.63) is 42.4 Å². The molecule has 0 fully saturated rings. The van der Waals surface area contributed by atoms with Crippen molar-refractivity contribution < 1.29 is 9.53 Å². The van der Waals surface area contributed by atoms with Gasteiger partial charge in [-0.25, -0.2) is 9.78 Å². The van der Waals surface area contributed by atoms with E-state index in [9.17, 15) is 4.79 Å². The topological polar surface area (TPSA) is 78.1 Å². The molecular formula is C13H13N3O2. The number of rotatable bonds is 3. The average molecular weight is 243 g/mol. The van der Waals surface area contributed by atoms with Crippen LogP contribution in [-0.4, -0.2) is 22.5 Å². The fraction of sp³-hybridized carbons (Fsp3) is 0.154. The molecule has 0 radical (unpaired) electrons. The van der Waals surface area contributed by atoms with Crippen molar-refractivity contribution >= 4 is 11.8 Å². The smallest absolute Gasteiger partial charge is 0.341 e. The summed E-state index contributed by atoms with van der Waals surface area (Å²) in [5.74, 6) is -0.297. The monoisotopic (exact) mass is 243 g/mol. The van der Waals surface area contributed by atoms with Crippen LogP contribution in [0.1, 0.15) is 17.3 Å². The van der Waals surface area contributed by atoms with Gasteiger partial charge in [-0.1, -0.05) is 6.07 Å². The molecule has 18 heavy (non-hydrogen) atoms. The number of nitrogens with two attached hydrogens (primary N) is 1. The van der Waals surface area contributed by atoms with Crippen LogP contribution in [-0.2, 0) is 4.74 Å². The second kappa shape index (κ2) is 5.27. The molecule has 2 rings (SSSR count). The second-order valence-corrected chi connectivity index (χ2v) is 3.62. The normalized spacial score (nSPS) is 10.1. The standard InChI is InChI=1S/C13H13N3O2/c1-2-18-13(17)11-6-10(8-16-12(11)14)9-4-3-5-15-7-9/h3-8H,2H2,1H3,(H2,14,16). The summed E-state index contributed by atoms with van der Waals surface area (Å²) in [5, 5.41) is 0. The lowest BCUT2D eigenvalue weighted by molar-refractivity contribution is 0.0527. The zero-order valence-corrected chi connectivity index (χ0v) is 9.96. The van der Waals surface area contributed by atoms with Crippen LogP contribution in [0.15, 0.2) is 36.8 Å². The fourth-order valence-corrected chi connectivity index (χ4v) is 1.54. The number of ether oxygens (including phenoxy) is 1. The van der Waals surface area contributed by atoms with E-state index in [0.717, 1.165) is 11.1 Å². The van der Waals surface area contributed by atoms with Gasteiger partial charge in [0, 0.05) is 29.7 Å². The number of hydrogen-bond donors (Lipinski definition) is 1. The summed E-state index contributed by atoms with van der Waals surface area (Å²) < 4.78 is 4.93. The zero-order valence-electron chi connectivity index (χ0n) is 9.96. The molecule has 0 saturated carbocycles. The highest BCUT2D eigenvalue weighted by atomic mass is 16.5. The van der Waals surface area contributed by atoms with Crippen LogP contribution < -0.4 is 5.73 Å². The minimum atomic E-state index is -0.465. The van der Waals surface area contributed by atoms with Gasteiger partial charge in [0.25, 0.3) is 0 Å². The first-order valence-corrected chi connectivity index (χ1v) is 5.55. The van der Waals surface area contributed by atoms with Gasteiger partial charge in [0.15, 0.2) is 0 Å². The molecule has 2 heterocycles. The van der Waals surface area contributed by atoms with Crippen LogP contribution in [0.3, 0.4) is 0 Å². The van der Waals surface area contributed by atoms with Crippen molar-refractivity contribution in [3.8, 4) is 11.1 Å². The first kappa shape index (κ1) is 12.0. The molecule has 0 unspecified atom stereocenters. The Morgan fingerprint density at radius 1 is 1.39 bits per heavy atom. The van der Waals surface area contributed by atoms with E-state index >= 15 is 0 Å². The van der Waals surface area contributed by atoms with E-state index in [2.05, 4.69) is 9.97 Å². The zero-order chi connectivity index (χ0) is 13.0. The second-order valence-electron chi connectivity index (χ2n) is 3.62. The number of aromatic nitrogens is 2. The van der Waals surface area contributed by atoms with Crippen LogP contribution >= 0.6 is 0 Å². The van der Waals surface area contributed by atoms with E-state index < -0.39 is 5.97 Å². The van der Waals surface area contributed by atoms with Crippen LogP contribution in [0.5, 0.6) is 0 Å². The first-order valence-electron chi connectivity index (χ1n) is 5.55. The lowest BCUT2D eigenvalue weighted by Crippen LogP contribution is -2.09. The highest BCUT2D eigenvalue weighted by Crippen LogP contribution is 2.21. The Morgan fingerprint density at radius 3 is 2.89 bits per heavy atom. The quantitative estimate of drug-likeness (QED) is 0.833. The van der Waals surface area contributed by atoms with Crippen molar-refractivity contribution in [3.63, 3.8) is 0 Å². The molecule has 0 atom stereocenters. The predicted molar refractivity (Wildman–Crippen MR) is 67.8 cm³/mol. The largest absolute Gasteiger partial charge is 0.462 e. The number of pyridine rings is 2. The van der Waals surface area contributed by atoms with E-state index in [0.29, 0.717) is 6.61 Å². The van der Waals surface area contributed by atoms with E-state index in [1.807, 2.05) is 12.1 Å². The van der Waals surface area contributed by atoms with Crippen molar-refractivity contribution in [1.29, 1.82) is 0 Å². The lowest BCUT2D eigenvalue weighted by atomic mass is 10.1. The third-order valence-electron chi connectivity index (χ3n) is 2.41. The third kappa shape index (κ3) is 2.45. The summed E-state index contributed by atoms with van der Waals surface area (Å²) in [6.07, 6.45) is 4.98. The molecule has 2 N–H and O–H groups in total. The van der Waals surface area contributed by atoms with E-state index in [-0.39, 0.29) is 11.4 Å². The molecule has 0 aliphatic rings. The molecule has 2 aromatic rings. The van der Waals surface area contributed by atoms with Crippen molar-refractivity contribution in [2.45, 2.75) is 6.92 Å². The highest BCUT2D eigenvalue weighted by Gasteiger charge is 2.13. The number of carbonyl (C=O) groups excluding carboxylic acids is 1. The van der Waals surface area contributed by atoms with Crippen molar-refractivity contribution in [1.82, 2.24) is 9.97 Å².